The van der Waals surface area contributed by atoms with Crippen molar-refractivity contribution in [1.29, 1.82) is 0 Å². The highest BCUT2D eigenvalue weighted by molar-refractivity contribution is 5.16. The van der Waals surface area contributed by atoms with Crippen LogP contribution < -0.4 is 0 Å². The normalized spacial score (nSPS) is 16.0. The fourth-order valence-corrected chi connectivity index (χ4v) is 3.21. The van der Waals surface area contributed by atoms with Gasteiger partial charge >= 0.3 is 0 Å². The highest BCUT2D eigenvalue weighted by Crippen LogP contribution is 2.21. The molecule has 0 unspecified atom stereocenters. The van der Waals surface area contributed by atoms with E-state index in [4.69, 9.17) is 9.26 Å². The van der Waals surface area contributed by atoms with Gasteiger partial charge in [-0.05, 0) is 44.6 Å². The van der Waals surface area contributed by atoms with Gasteiger partial charge in [0.15, 0.2) is 5.76 Å². The van der Waals surface area contributed by atoms with Gasteiger partial charge in [-0.3, -0.25) is 4.90 Å². The minimum Gasteiger partial charge on any atom is -0.381 e. The van der Waals surface area contributed by atoms with Crippen LogP contribution in [0.1, 0.15) is 29.9 Å². The molecule has 1 aliphatic rings. The highest BCUT2D eigenvalue weighted by Gasteiger charge is 2.23. The zero-order chi connectivity index (χ0) is 17.6. The third-order valence-electron chi connectivity index (χ3n) is 4.45. The number of aromatic nitrogens is 1. The Bertz CT molecular complexity index is 651. The van der Waals surface area contributed by atoms with E-state index in [0.29, 0.717) is 6.04 Å². The molecule has 136 valence electrons. The van der Waals surface area contributed by atoms with Crippen molar-refractivity contribution in [2.24, 2.45) is 0 Å². The summed E-state index contributed by atoms with van der Waals surface area (Å²) in [5, 5.41) is 4.23. The molecule has 1 fully saturated rings. The Morgan fingerprint density at radius 1 is 1.08 bits per heavy atom. The second-order valence-corrected chi connectivity index (χ2v) is 6.90. The molecule has 25 heavy (non-hydrogen) atoms. The Morgan fingerprint density at radius 2 is 1.80 bits per heavy atom. The first-order valence-electron chi connectivity index (χ1n) is 8.75. The molecule has 1 aromatic carbocycles. The molecule has 0 radical (unpaired) electrons. The van der Waals surface area contributed by atoms with Crippen LogP contribution in [0.15, 0.2) is 34.9 Å². The van der Waals surface area contributed by atoms with Gasteiger partial charge < -0.3 is 14.2 Å². The summed E-state index contributed by atoms with van der Waals surface area (Å²) in [6, 6.07) is 9.19. The van der Waals surface area contributed by atoms with E-state index >= 15 is 0 Å². The van der Waals surface area contributed by atoms with Crippen LogP contribution in [0, 0.1) is 5.82 Å². The largest absolute Gasteiger partial charge is 0.381 e. The van der Waals surface area contributed by atoms with Gasteiger partial charge in [0.05, 0.1) is 12.2 Å². The lowest BCUT2D eigenvalue weighted by Gasteiger charge is -2.33. The maximum absolute atomic E-state index is 13.2. The van der Waals surface area contributed by atoms with Crippen molar-refractivity contribution in [2.75, 3.05) is 27.3 Å². The van der Waals surface area contributed by atoms with Crippen molar-refractivity contribution in [3.05, 3.63) is 53.2 Å². The van der Waals surface area contributed by atoms with Gasteiger partial charge in [0.2, 0.25) is 0 Å². The van der Waals surface area contributed by atoms with Gasteiger partial charge in [-0.15, -0.1) is 0 Å². The summed E-state index contributed by atoms with van der Waals surface area (Å²) >= 11 is 0. The molecule has 0 amide bonds. The van der Waals surface area contributed by atoms with E-state index in [9.17, 15) is 4.39 Å². The van der Waals surface area contributed by atoms with E-state index < -0.39 is 0 Å². The molecule has 1 saturated heterocycles. The zero-order valence-corrected chi connectivity index (χ0v) is 14.9. The summed E-state index contributed by atoms with van der Waals surface area (Å²) in [6.45, 7) is 3.80. The highest BCUT2D eigenvalue weighted by atomic mass is 19.1. The summed E-state index contributed by atoms with van der Waals surface area (Å²) < 4.78 is 24.1. The Labute approximate surface area is 148 Å². The fraction of sp³-hybridized carbons (Fsp3) is 0.526. The summed E-state index contributed by atoms with van der Waals surface area (Å²) in [7, 11) is 4.01. The fourth-order valence-electron chi connectivity index (χ4n) is 3.21. The van der Waals surface area contributed by atoms with Gasteiger partial charge in [-0.2, -0.15) is 0 Å². The average Bonchev–Trinajstić information content (AvgIpc) is 3.03. The molecule has 0 bridgehead atoms. The molecule has 0 N–H and O–H groups in total. The summed E-state index contributed by atoms with van der Waals surface area (Å²) in [4.78, 5) is 4.45. The molecule has 0 spiro atoms. The van der Waals surface area contributed by atoms with E-state index in [0.717, 1.165) is 62.7 Å². The Kier molecular flexibility index (Phi) is 6.18. The third kappa shape index (κ3) is 5.36. The molecule has 0 atom stereocenters. The van der Waals surface area contributed by atoms with Crippen LogP contribution in [0.2, 0.25) is 0 Å². The Balaban J connectivity index is 1.71. The first-order chi connectivity index (χ1) is 12.1. The van der Waals surface area contributed by atoms with Crippen molar-refractivity contribution in [2.45, 2.75) is 38.5 Å². The molecular weight excluding hydrogens is 321 g/mol. The molecule has 1 aromatic heterocycles. The number of ether oxygens (including phenoxy) is 1. The molecular formula is C19H26FN3O2. The smallest absolute Gasteiger partial charge is 0.150 e. The Morgan fingerprint density at radius 3 is 2.48 bits per heavy atom. The summed E-state index contributed by atoms with van der Waals surface area (Å²) in [6.07, 6.45) is 2.01. The first-order valence-corrected chi connectivity index (χ1v) is 8.75. The van der Waals surface area contributed by atoms with Crippen LogP contribution in [0.3, 0.4) is 0 Å². The Hall–Kier alpha value is -1.76. The second kappa shape index (κ2) is 8.56. The number of hydrogen-bond donors (Lipinski definition) is 0. The molecule has 2 heterocycles. The SMILES string of the molecule is CN(C)Cc1cc(CN(Cc2ccc(F)cc2)C2CCOCC2)no1. The van der Waals surface area contributed by atoms with Gasteiger partial charge in [0, 0.05) is 38.4 Å². The van der Waals surface area contributed by atoms with Crippen molar-refractivity contribution >= 4 is 0 Å². The lowest BCUT2D eigenvalue weighted by Crippen LogP contribution is -2.38. The van der Waals surface area contributed by atoms with Crippen LogP contribution in [-0.4, -0.2) is 48.3 Å². The predicted molar refractivity (Wildman–Crippen MR) is 93.4 cm³/mol. The number of nitrogens with zero attached hydrogens (tertiary/aromatic N) is 3. The van der Waals surface area contributed by atoms with Crippen molar-refractivity contribution < 1.29 is 13.7 Å². The van der Waals surface area contributed by atoms with Gasteiger partial charge in [-0.1, -0.05) is 17.3 Å². The van der Waals surface area contributed by atoms with E-state index in [1.165, 1.54) is 12.1 Å². The molecule has 6 heteroatoms. The predicted octanol–water partition coefficient (Wildman–Crippen LogP) is 3.06. The van der Waals surface area contributed by atoms with E-state index in [-0.39, 0.29) is 5.82 Å². The van der Waals surface area contributed by atoms with E-state index in [2.05, 4.69) is 15.0 Å². The molecule has 3 rings (SSSR count). The molecule has 5 nitrogen and oxygen atoms in total. The van der Waals surface area contributed by atoms with Gasteiger partial charge in [0.25, 0.3) is 0 Å². The maximum atomic E-state index is 13.2. The lowest BCUT2D eigenvalue weighted by atomic mass is 10.1. The number of rotatable bonds is 7. The number of benzene rings is 1. The first kappa shape index (κ1) is 18.0. The van der Waals surface area contributed by atoms with Gasteiger partial charge in [0.1, 0.15) is 5.82 Å². The van der Waals surface area contributed by atoms with Crippen LogP contribution in [0.25, 0.3) is 0 Å². The molecule has 2 aromatic rings. The van der Waals surface area contributed by atoms with Crippen LogP contribution >= 0.6 is 0 Å². The van der Waals surface area contributed by atoms with Crippen LogP contribution in [0.4, 0.5) is 4.39 Å². The topological polar surface area (TPSA) is 41.7 Å². The average molecular weight is 347 g/mol. The molecule has 0 saturated carbocycles. The summed E-state index contributed by atoms with van der Waals surface area (Å²) in [5.74, 6) is 0.667. The van der Waals surface area contributed by atoms with E-state index in [1.807, 2.05) is 32.3 Å². The monoisotopic (exact) mass is 347 g/mol. The second-order valence-electron chi connectivity index (χ2n) is 6.90. The van der Waals surface area contributed by atoms with Crippen LogP contribution in [0.5, 0.6) is 0 Å². The minimum atomic E-state index is -0.203. The molecule has 0 aliphatic carbocycles. The van der Waals surface area contributed by atoms with Crippen molar-refractivity contribution in [3.63, 3.8) is 0 Å². The number of halogens is 1. The van der Waals surface area contributed by atoms with Gasteiger partial charge in [-0.25, -0.2) is 4.39 Å². The quantitative estimate of drug-likeness (QED) is 0.770. The minimum absolute atomic E-state index is 0.203. The maximum Gasteiger partial charge on any atom is 0.150 e. The standard InChI is InChI=1S/C19H26FN3O2/c1-22(2)14-19-11-17(21-25-19)13-23(18-7-9-24-10-8-18)12-15-3-5-16(20)6-4-15/h3-6,11,18H,7-10,12-14H2,1-2H3. The van der Waals surface area contributed by atoms with E-state index in [1.54, 1.807) is 0 Å². The number of hydrogen-bond acceptors (Lipinski definition) is 5. The van der Waals surface area contributed by atoms with Crippen molar-refractivity contribution in [1.82, 2.24) is 15.0 Å². The third-order valence-corrected chi connectivity index (χ3v) is 4.45. The summed E-state index contributed by atoms with van der Waals surface area (Å²) in [5.41, 5.74) is 2.04. The molecule has 1 aliphatic heterocycles. The zero-order valence-electron chi connectivity index (χ0n) is 14.9. The lowest BCUT2D eigenvalue weighted by molar-refractivity contribution is 0.0269. The van der Waals surface area contributed by atoms with Crippen molar-refractivity contribution in [3.8, 4) is 0 Å². The van der Waals surface area contributed by atoms with Crippen LogP contribution in [-0.2, 0) is 24.4 Å².